The Morgan fingerprint density at radius 2 is 0.911 bits per heavy atom. The number of aliphatic hydroxyl groups excluding tert-OH is 2. The van der Waals surface area contributed by atoms with E-state index in [0.717, 1.165) is 22.3 Å². The van der Waals surface area contributed by atoms with E-state index < -0.39 is 24.4 Å². The van der Waals surface area contributed by atoms with Crippen molar-refractivity contribution in [2.45, 2.75) is 76.7 Å². The summed E-state index contributed by atoms with van der Waals surface area (Å²) in [6.45, 7) is 8.07. The van der Waals surface area contributed by atoms with Crippen molar-refractivity contribution in [2.75, 3.05) is 51.5 Å². The van der Waals surface area contributed by atoms with E-state index in [4.69, 9.17) is 28.4 Å². The van der Waals surface area contributed by atoms with Crippen LogP contribution in [0.3, 0.4) is 0 Å². The first-order valence-corrected chi connectivity index (χ1v) is 18.9. The molecule has 0 saturated heterocycles. The van der Waals surface area contributed by atoms with Crippen LogP contribution in [0.1, 0.15) is 86.8 Å². The van der Waals surface area contributed by atoms with Crippen LogP contribution in [-0.2, 0) is 9.47 Å². The van der Waals surface area contributed by atoms with Gasteiger partial charge in [-0.2, -0.15) is 0 Å². The first-order valence-electron chi connectivity index (χ1n) is 18.9. The summed E-state index contributed by atoms with van der Waals surface area (Å²) in [4.78, 5) is 28.5. The molecule has 2 amide bonds. The first kappa shape index (κ1) is 41.7. The van der Waals surface area contributed by atoms with Crippen molar-refractivity contribution >= 4 is 23.6 Å². The molecule has 56 heavy (non-hydrogen) atoms. The van der Waals surface area contributed by atoms with Gasteiger partial charge in [-0.25, -0.2) is 9.59 Å². The summed E-state index contributed by atoms with van der Waals surface area (Å²) in [6, 6.07) is 26.1. The number of nitrogens with zero attached hydrogens (tertiary/aromatic N) is 2. The van der Waals surface area contributed by atoms with E-state index >= 15 is 0 Å². The quantitative estimate of drug-likeness (QED) is 0.161. The van der Waals surface area contributed by atoms with Crippen LogP contribution >= 0.6 is 0 Å². The van der Waals surface area contributed by atoms with Gasteiger partial charge in [0.2, 0.25) is 0 Å². The molecule has 6 rings (SSSR count). The Morgan fingerprint density at radius 3 is 1.21 bits per heavy atom. The summed E-state index contributed by atoms with van der Waals surface area (Å²) in [6.07, 6.45) is -1.03. The molecule has 2 aliphatic heterocycles. The summed E-state index contributed by atoms with van der Waals surface area (Å²) in [7, 11) is 6.26. The maximum atomic E-state index is 12.6. The van der Waals surface area contributed by atoms with E-state index in [1.54, 1.807) is 64.2 Å². The molecule has 0 bridgehead atoms. The minimum absolute atomic E-state index is 0.145. The number of fused-ring (bicyclic) bond motifs is 2. The zero-order chi connectivity index (χ0) is 40.5. The highest BCUT2D eigenvalue weighted by molar-refractivity contribution is 5.92. The molecule has 300 valence electrons. The Bertz CT molecular complexity index is 1790. The third kappa shape index (κ3) is 8.66. The second-order valence-electron chi connectivity index (χ2n) is 13.8. The molecular formula is C44H54N2O10. The number of hydrogen-bond donors (Lipinski definition) is 2. The zero-order valence-corrected chi connectivity index (χ0v) is 33.4. The number of benzene rings is 4. The average Bonchev–Trinajstić information content (AvgIpc) is 3.22. The van der Waals surface area contributed by atoms with E-state index in [1.807, 2.05) is 86.6 Å². The van der Waals surface area contributed by atoms with Crippen molar-refractivity contribution in [3.8, 4) is 23.0 Å². The fourth-order valence-corrected chi connectivity index (χ4v) is 7.76. The average molecular weight is 771 g/mol. The van der Waals surface area contributed by atoms with Gasteiger partial charge >= 0.3 is 12.2 Å². The normalized spacial score (nSPS) is 19.5. The zero-order valence-electron chi connectivity index (χ0n) is 33.4. The standard InChI is InChI=1S/2C22H27NO5/c2*1-5-28-22(25)23-14(2)11-17(21(24)15-9-7-6-8-10-15)16-12-19(26-3)20(27-4)13-18(16)23/h2*6-10,12-14,17,21,24H,5,11H2,1-4H3/t2*14-,17-,21?/m10/s1. The molecule has 0 aromatic heterocycles. The molecule has 4 aromatic rings. The second kappa shape index (κ2) is 18.9. The molecule has 4 aromatic carbocycles. The largest absolute Gasteiger partial charge is 0.493 e. The van der Waals surface area contributed by atoms with Crippen molar-refractivity contribution in [1.82, 2.24) is 0 Å². The van der Waals surface area contributed by atoms with E-state index in [-0.39, 0.29) is 23.9 Å². The van der Waals surface area contributed by atoms with Crippen molar-refractivity contribution in [1.29, 1.82) is 0 Å². The molecule has 0 aliphatic carbocycles. The molecule has 0 fully saturated rings. The van der Waals surface area contributed by atoms with E-state index in [1.165, 1.54) is 0 Å². The number of anilines is 2. The molecular weight excluding hydrogens is 716 g/mol. The fourth-order valence-electron chi connectivity index (χ4n) is 7.76. The number of amides is 2. The van der Waals surface area contributed by atoms with Crippen molar-refractivity contribution in [3.05, 3.63) is 107 Å². The molecule has 0 radical (unpaired) electrons. The summed E-state index contributed by atoms with van der Waals surface area (Å²) in [5.41, 5.74) is 4.69. The molecule has 2 unspecified atom stereocenters. The Balaban J connectivity index is 0.000000214. The van der Waals surface area contributed by atoms with E-state index in [2.05, 4.69) is 0 Å². The number of hydrogen-bond acceptors (Lipinski definition) is 10. The molecule has 2 N–H and O–H groups in total. The number of ether oxygens (including phenoxy) is 6. The number of carbonyl (C=O) groups excluding carboxylic acids is 2. The van der Waals surface area contributed by atoms with Crippen LogP contribution in [0.5, 0.6) is 23.0 Å². The molecule has 0 saturated carbocycles. The van der Waals surface area contributed by atoms with Gasteiger partial charge in [-0.3, -0.25) is 9.80 Å². The third-order valence-electron chi connectivity index (χ3n) is 10.4. The van der Waals surface area contributed by atoms with Crippen molar-refractivity contribution in [2.24, 2.45) is 0 Å². The number of methoxy groups -OCH3 is 4. The van der Waals surface area contributed by atoms with Crippen LogP contribution < -0.4 is 28.7 Å². The predicted octanol–water partition coefficient (Wildman–Crippen LogP) is 8.55. The van der Waals surface area contributed by atoms with Gasteiger partial charge in [0, 0.05) is 36.1 Å². The second-order valence-corrected chi connectivity index (χ2v) is 13.8. The minimum Gasteiger partial charge on any atom is -0.493 e. The number of aliphatic hydroxyl groups is 2. The fraction of sp³-hybridized carbons (Fsp3) is 0.409. The van der Waals surface area contributed by atoms with Crippen LogP contribution in [0.4, 0.5) is 21.0 Å². The van der Waals surface area contributed by atoms with Gasteiger partial charge < -0.3 is 38.6 Å². The van der Waals surface area contributed by atoms with Crippen LogP contribution in [0.2, 0.25) is 0 Å². The maximum Gasteiger partial charge on any atom is 0.414 e. The van der Waals surface area contributed by atoms with E-state index in [0.29, 0.717) is 60.4 Å². The smallest absolute Gasteiger partial charge is 0.414 e. The lowest BCUT2D eigenvalue weighted by Gasteiger charge is -2.40. The van der Waals surface area contributed by atoms with Crippen LogP contribution in [0, 0.1) is 0 Å². The monoisotopic (exact) mass is 770 g/mol. The molecule has 2 aliphatic rings. The molecule has 12 heteroatoms. The summed E-state index contributed by atoms with van der Waals surface area (Å²) in [5.74, 6) is 1.78. The van der Waals surface area contributed by atoms with Gasteiger partial charge in [0.05, 0.1) is 65.2 Å². The van der Waals surface area contributed by atoms with Gasteiger partial charge in [0.1, 0.15) is 0 Å². The maximum absolute atomic E-state index is 12.6. The topological polar surface area (TPSA) is 136 Å². The van der Waals surface area contributed by atoms with Gasteiger partial charge in [-0.05, 0) is 74.9 Å². The Hall–Kier alpha value is -5.46. The van der Waals surface area contributed by atoms with Crippen LogP contribution in [0.15, 0.2) is 84.9 Å². The highest BCUT2D eigenvalue weighted by atomic mass is 16.6. The number of rotatable bonds is 10. The lowest BCUT2D eigenvalue weighted by molar-refractivity contribution is 0.128. The third-order valence-corrected chi connectivity index (χ3v) is 10.4. The number of carbonyl (C=O) groups is 2. The SMILES string of the molecule is CCOC(=O)N1c2cc(OC)c(OC)cc2[C@@H](C(O)c2ccccc2)C[C@@H]1C.CCOC(=O)N1c2cc(OC)c(OC)cc2[C@H](C(O)c2ccccc2)C[C@H]1C. The highest BCUT2D eigenvalue weighted by Crippen LogP contribution is 2.50. The molecule has 6 atom stereocenters. The van der Waals surface area contributed by atoms with E-state index in [9.17, 15) is 19.8 Å². The Morgan fingerprint density at radius 1 is 0.589 bits per heavy atom. The summed E-state index contributed by atoms with van der Waals surface area (Å²) in [5, 5.41) is 22.2. The highest BCUT2D eigenvalue weighted by Gasteiger charge is 2.40. The lowest BCUT2D eigenvalue weighted by atomic mass is 9.80. The van der Waals surface area contributed by atoms with Gasteiger partial charge in [-0.15, -0.1) is 0 Å². The van der Waals surface area contributed by atoms with Gasteiger partial charge in [0.15, 0.2) is 23.0 Å². The predicted molar refractivity (Wildman–Crippen MR) is 215 cm³/mol. The molecule has 2 heterocycles. The van der Waals surface area contributed by atoms with Crippen molar-refractivity contribution < 1.29 is 48.2 Å². The Kier molecular flexibility index (Phi) is 14.1. The summed E-state index contributed by atoms with van der Waals surface area (Å²) >= 11 is 0. The first-order chi connectivity index (χ1) is 27.0. The van der Waals surface area contributed by atoms with Gasteiger partial charge in [-0.1, -0.05) is 60.7 Å². The molecule has 0 spiro atoms. The van der Waals surface area contributed by atoms with Gasteiger partial charge in [0.25, 0.3) is 0 Å². The van der Waals surface area contributed by atoms with Crippen LogP contribution in [0.25, 0.3) is 0 Å². The Labute approximate surface area is 329 Å². The summed E-state index contributed by atoms with van der Waals surface area (Å²) < 4.78 is 32.4. The van der Waals surface area contributed by atoms with Crippen molar-refractivity contribution in [3.63, 3.8) is 0 Å². The van der Waals surface area contributed by atoms with Crippen LogP contribution in [-0.4, -0.2) is 76.1 Å². The lowest BCUT2D eigenvalue weighted by Crippen LogP contribution is -2.44. The molecule has 12 nitrogen and oxygen atoms in total. The minimum atomic E-state index is -0.704.